The van der Waals surface area contributed by atoms with Crippen molar-refractivity contribution in [2.75, 3.05) is 0 Å². The molecule has 10 aromatic rings. The maximum absolute atomic E-state index is 9.77. The molecule has 0 aliphatic carbocycles. The van der Waals surface area contributed by atoms with E-state index in [9.17, 15) is 5.26 Å². The minimum absolute atomic E-state index is 0.653. The zero-order valence-corrected chi connectivity index (χ0v) is 26.4. The number of para-hydroxylation sites is 1. The molecule has 49 heavy (non-hydrogen) atoms. The van der Waals surface area contributed by atoms with Crippen molar-refractivity contribution in [1.82, 2.24) is 9.55 Å². The molecular formula is C46H27N3. The van der Waals surface area contributed by atoms with Gasteiger partial charge in [-0.05, 0) is 81.2 Å². The Bertz CT molecular complexity index is 2990. The number of aromatic nitrogens is 2. The number of hydrogen-bond donors (Lipinski definition) is 0. The number of fused-ring (bicyclic) bond motifs is 11. The van der Waals surface area contributed by atoms with E-state index in [0.717, 1.165) is 60.8 Å². The molecule has 0 radical (unpaired) electrons. The van der Waals surface area contributed by atoms with Crippen LogP contribution in [0.2, 0.25) is 0 Å². The van der Waals surface area contributed by atoms with Gasteiger partial charge in [0.15, 0.2) is 0 Å². The topological polar surface area (TPSA) is 41.6 Å². The number of rotatable bonds is 3. The van der Waals surface area contributed by atoms with E-state index in [2.05, 4.69) is 156 Å². The van der Waals surface area contributed by atoms with Crippen molar-refractivity contribution in [3.63, 3.8) is 0 Å². The molecule has 8 aromatic carbocycles. The highest BCUT2D eigenvalue weighted by molar-refractivity contribution is 6.33. The minimum atomic E-state index is 0.653. The van der Waals surface area contributed by atoms with Crippen LogP contribution >= 0.6 is 0 Å². The predicted octanol–water partition coefficient (Wildman–Crippen LogP) is 12.0. The van der Waals surface area contributed by atoms with Crippen molar-refractivity contribution in [1.29, 1.82) is 5.26 Å². The average molecular weight is 622 g/mol. The molecule has 0 saturated carbocycles. The van der Waals surface area contributed by atoms with Crippen LogP contribution in [-0.4, -0.2) is 9.55 Å². The Hall–Kier alpha value is -6.76. The summed E-state index contributed by atoms with van der Waals surface area (Å²) in [5.41, 5.74) is 9.19. The normalized spacial score (nSPS) is 11.7. The van der Waals surface area contributed by atoms with Gasteiger partial charge in [0.1, 0.15) is 0 Å². The molecule has 3 nitrogen and oxygen atoms in total. The molecule has 0 fully saturated rings. The average Bonchev–Trinajstić information content (AvgIpc) is 3.50. The van der Waals surface area contributed by atoms with E-state index < -0.39 is 0 Å². The van der Waals surface area contributed by atoms with E-state index in [-0.39, 0.29) is 0 Å². The molecule has 2 heterocycles. The first-order valence-electron chi connectivity index (χ1n) is 16.5. The molecule has 10 rings (SSSR count). The van der Waals surface area contributed by atoms with Crippen LogP contribution in [0, 0.1) is 11.3 Å². The van der Waals surface area contributed by atoms with Gasteiger partial charge in [-0.2, -0.15) is 5.26 Å². The lowest BCUT2D eigenvalue weighted by Gasteiger charge is -2.17. The van der Waals surface area contributed by atoms with Crippen LogP contribution in [0.5, 0.6) is 0 Å². The van der Waals surface area contributed by atoms with Crippen LogP contribution in [0.3, 0.4) is 0 Å². The molecular weight excluding hydrogens is 595 g/mol. The van der Waals surface area contributed by atoms with Crippen molar-refractivity contribution in [2.24, 2.45) is 0 Å². The fourth-order valence-corrected chi connectivity index (χ4v) is 7.79. The molecule has 0 N–H and O–H groups in total. The summed E-state index contributed by atoms with van der Waals surface area (Å²) in [5.74, 6) is 0. The van der Waals surface area contributed by atoms with Gasteiger partial charge in [0.05, 0.1) is 33.9 Å². The van der Waals surface area contributed by atoms with Gasteiger partial charge in [0.2, 0.25) is 0 Å². The Labute approximate surface area is 282 Å². The summed E-state index contributed by atoms with van der Waals surface area (Å²) in [7, 11) is 0. The van der Waals surface area contributed by atoms with E-state index in [0.29, 0.717) is 5.56 Å². The van der Waals surface area contributed by atoms with Crippen LogP contribution in [0.4, 0.5) is 0 Å². The Morgan fingerprint density at radius 1 is 0.429 bits per heavy atom. The first-order valence-corrected chi connectivity index (χ1v) is 16.5. The van der Waals surface area contributed by atoms with E-state index in [4.69, 9.17) is 4.98 Å². The zero-order chi connectivity index (χ0) is 32.5. The largest absolute Gasteiger partial charge is 0.309 e. The molecule has 0 aliphatic heterocycles. The molecule has 226 valence electrons. The van der Waals surface area contributed by atoms with Crippen molar-refractivity contribution in [3.8, 4) is 34.1 Å². The lowest BCUT2D eigenvalue weighted by Crippen LogP contribution is -1.94. The Morgan fingerprint density at radius 3 is 1.71 bits per heavy atom. The second kappa shape index (κ2) is 10.6. The summed E-state index contributed by atoms with van der Waals surface area (Å²) in [6, 6.07) is 60.1. The monoisotopic (exact) mass is 621 g/mol. The van der Waals surface area contributed by atoms with Crippen molar-refractivity contribution in [2.45, 2.75) is 0 Å². The minimum Gasteiger partial charge on any atom is -0.309 e. The summed E-state index contributed by atoms with van der Waals surface area (Å²) in [4.78, 5) is 5.46. The second-order valence-corrected chi connectivity index (χ2v) is 12.6. The summed E-state index contributed by atoms with van der Waals surface area (Å²) >= 11 is 0. The molecule has 0 saturated heterocycles. The first-order chi connectivity index (χ1) is 24.3. The number of benzene rings is 8. The molecule has 0 atom stereocenters. The van der Waals surface area contributed by atoms with Crippen molar-refractivity contribution >= 4 is 65.0 Å². The number of nitriles is 1. The van der Waals surface area contributed by atoms with E-state index in [1.165, 1.54) is 32.3 Å². The maximum Gasteiger partial charge on any atom is 0.0991 e. The molecule has 3 heteroatoms. The van der Waals surface area contributed by atoms with Crippen LogP contribution in [0.25, 0.3) is 93.1 Å². The molecule has 0 amide bonds. The Balaban J connectivity index is 1.27. The highest BCUT2D eigenvalue weighted by Gasteiger charge is 2.19. The fraction of sp³-hybridized carbons (Fsp3) is 0. The van der Waals surface area contributed by atoms with Gasteiger partial charge < -0.3 is 4.57 Å². The zero-order valence-electron chi connectivity index (χ0n) is 26.4. The van der Waals surface area contributed by atoms with Crippen LogP contribution < -0.4 is 0 Å². The number of hydrogen-bond acceptors (Lipinski definition) is 2. The quantitative estimate of drug-likeness (QED) is 0.184. The molecule has 0 aliphatic rings. The second-order valence-electron chi connectivity index (χ2n) is 12.6. The van der Waals surface area contributed by atoms with E-state index in [1.54, 1.807) is 0 Å². The smallest absolute Gasteiger partial charge is 0.0991 e. The lowest BCUT2D eigenvalue weighted by atomic mass is 9.89. The Kier molecular flexibility index (Phi) is 5.94. The molecule has 0 spiro atoms. The van der Waals surface area contributed by atoms with Crippen LogP contribution in [-0.2, 0) is 0 Å². The third kappa shape index (κ3) is 4.11. The summed E-state index contributed by atoms with van der Waals surface area (Å²) in [6.07, 6.45) is 0. The van der Waals surface area contributed by atoms with Gasteiger partial charge in [-0.15, -0.1) is 0 Å². The van der Waals surface area contributed by atoms with Crippen molar-refractivity contribution < 1.29 is 0 Å². The fourth-order valence-electron chi connectivity index (χ4n) is 7.79. The van der Waals surface area contributed by atoms with E-state index >= 15 is 0 Å². The van der Waals surface area contributed by atoms with Crippen LogP contribution in [0.1, 0.15) is 5.56 Å². The van der Waals surface area contributed by atoms with E-state index in [1.807, 2.05) is 18.2 Å². The van der Waals surface area contributed by atoms with Gasteiger partial charge in [0.25, 0.3) is 0 Å². The molecule has 0 bridgehead atoms. The predicted molar refractivity (Wildman–Crippen MR) is 204 cm³/mol. The third-order valence-corrected chi connectivity index (χ3v) is 9.96. The standard InChI is InChI=1S/C46H27N3/c47-28-29-19-23-42-39(25-29)40-26-31(21-24-43(40)49(42)33-13-5-2-6-14-33)32-20-22-38-41(27-32)48-46(30-11-3-1-4-12-30)45-37-18-10-8-16-35(37)34-15-7-9-17-36(34)44(38)45/h1-27H. The lowest BCUT2D eigenvalue weighted by molar-refractivity contribution is 1.18. The highest BCUT2D eigenvalue weighted by atomic mass is 15.0. The van der Waals surface area contributed by atoms with Gasteiger partial charge >= 0.3 is 0 Å². The van der Waals surface area contributed by atoms with Gasteiger partial charge in [-0.25, -0.2) is 4.98 Å². The number of pyridine rings is 1. The van der Waals surface area contributed by atoms with Gasteiger partial charge in [0, 0.05) is 38.2 Å². The SMILES string of the molecule is N#Cc1ccc2c(c1)c1cc(-c3ccc4c(c3)nc(-c3ccccc3)c3c5ccccc5c5ccccc5c43)ccc1n2-c1ccccc1. The third-order valence-electron chi connectivity index (χ3n) is 9.96. The summed E-state index contributed by atoms with van der Waals surface area (Å²) in [5, 5.41) is 20.4. The van der Waals surface area contributed by atoms with Gasteiger partial charge in [-0.1, -0.05) is 115 Å². The summed E-state index contributed by atoms with van der Waals surface area (Å²) in [6.45, 7) is 0. The van der Waals surface area contributed by atoms with Crippen LogP contribution in [0.15, 0.2) is 164 Å². The van der Waals surface area contributed by atoms with Crippen molar-refractivity contribution in [3.05, 3.63) is 169 Å². The molecule has 0 unspecified atom stereocenters. The highest BCUT2D eigenvalue weighted by Crippen LogP contribution is 2.43. The molecule has 2 aromatic heterocycles. The Morgan fingerprint density at radius 2 is 1.00 bits per heavy atom. The van der Waals surface area contributed by atoms with Gasteiger partial charge in [-0.3, -0.25) is 0 Å². The summed E-state index contributed by atoms with van der Waals surface area (Å²) < 4.78 is 2.28. The number of nitrogens with zero attached hydrogens (tertiary/aromatic N) is 3. The maximum atomic E-state index is 9.77. The first kappa shape index (κ1) is 27.4.